The molecule has 0 saturated carbocycles. The van der Waals surface area contributed by atoms with Crippen molar-refractivity contribution in [3.05, 3.63) is 59.2 Å². The van der Waals surface area contributed by atoms with Crippen molar-refractivity contribution in [3.8, 4) is 5.75 Å². The zero-order valence-electron chi connectivity index (χ0n) is 17.7. The van der Waals surface area contributed by atoms with Gasteiger partial charge in [-0.2, -0.15) is 0 Å². The molecule has 1 aliphatic rings. The molecule has 1 saturated heterocycles. The van der Waals surface area contributed by atoms with Crippen LogP contribution in [0.15, 0.2) is 42.5 Å². The highest BCUT2D eigenvalue weighted by Crippen LogP contribution is 2.34. The van der Waals surface area contributed by atoms with Crippen molar-refractivity contribution in [3.63, 3.8) is 0 Å². The maximum absolute atomic E-state index is 13.2. The number of imide groups is 1. The largest absolute Gasteiger partial charge is 0.496 e. The Labute approximate surface area is 176 Å². The summed E-state index contributed by atoms with van der Waals surface area (Å²) in [7, 11) is 1.58. The van der Waals surface area contributed by atoms with Gasteiger partial charge < -0.3 is 15.4 Å². The predicted molar refractivity (Wildman–Crippen MR) is 114 cm³/mol. The van der Waals surface area contributed by atoms with Gasteiger partial charge in [-0.1, -0.05) is 32.0 Å². The lowest BCUT2D eigenvalue weighted by molar-refractivity contribution is -0.134. The minimum absolute atomic E-state index is 0.350. The van der Waals surface area contributed by atoms with Gasteiger partial charge in [-0.3, -0.25) is 14.5 Å². The molecule has 7 nitrogen and oxygen atoms in total. The Bertz CT molecular complexity index is 971. The van der Waals surface area contributed by atoms with E-state index in [0.29, 0.717) is 23.4 Å². The second kappa shape index (κ2) is 8.57. The molecule has 1 unspecified atom stereocenters. The van der Waals surface area contributed by atoms with E-state index in [0.717, 1.165) is 22.4 Å². The van der Waals surface area contributed by atoms with E-state index in [9.17, 15) is 14.4 Å². The van der Waals surface area contributed by atoms with E-state index in [1.54, 1.807) is 31.4 Å². The summed E-state index contributed by atoms with van der Waals surface area (Å²) in [6.45, 7) is 5.41. The smallest absolute Gasteiger partial charge is 0.325 e. The van der Waals surface area contributed by atoms with Crippen LogP contribution in [-0.4, -0.2) is 36.4 Å². The molecule has 0 radical (unpaired) electrons. The zero-order valence-corrected chi connectivity index (χ0v) is 17.7. The fourth-order valence-corrected chi connectivity index (χ4v) is 3.72. The minimum Gasteiger partial charge on any atom is -0.496 e. The molecule has 1 fully saturated rings. The van der Waals surface area contributed by atoms with Gasteiger partial charge in [0.1, 0.15) is 17.8 Å². The Morgan fingerprint density at radius 3 is 2.40 bits per heavy atom. The number of rotatable bonds is 7. The van der Waals surface area contributed by atoms with Crippen molar-refractivity contribution >= 4 is 23.5 Å². The van der Waals surface area contributed by atoms with Crippen LogP contribution in [0.4, 0.5) is 10.5 Å². The minimum atomic E-state index is -1.20. The van der Waals surface area contributed by atoms with Crippen LogP contribution in [0.25, 0.3) is 0 Å². The number of benzene rings is 2. The molecule has 1 aliphatic heterocycles. The van der Waals surface area contributed by atoms with E-state index >= 15 is 0 Å². The summed E-state index contributed by atoms with van der Waals surface area (Å²) < 4.78 is 5.29. The van der Waals surface area contributed by atoms with Gasteiger partial charge in [-0.05, 0) is 60.7 Å². The summed E-state index contributed by atoms with van der Waals surface area (Å²) in [4.78, 5) is 39.3. The second-order valence-corrected chi connectivity index (χ2v) is 7.36. The Balaban J connectivity index is 1.78. The molecular formula is C23H27N3O4. The fraction of sp³-hybridized carbons (Fsp3) is 0.348. The molecular weight excluding hydrogens is 382 g/mol. The third-order valence-electron chi connectivity index (χ3n) is 5.54. The molecule has 1 heterocycles. The van der Waals surface area contributed by atoms with E-state index in [-0.39, 0.29) is 6.54 Å². The maximum atomic E-state index is 13.2. The van der Waals surface area contributed by atoms with Crippen molar-refractivity contribution in [2.24, 2.45) is 0 Å². The predicted octanol–water partition coefficient (Wildman–Crippen LogP) is 3.36. The van der Waals surface area contributed by atoms with Crippen molar-refractivity contribution < 1.29 is 19.1 Å². The van der Waals surface area contributed by atoms with Crippen molar-refractivity contribution in [1.29, 1.82) is 0 Å². The first-order valence-electron chi connectivity index (χ1n) is 10.0. The maximum Gasteiger partial charge on any atom is 0.325 e. The molecule has 30 heavy (non-hydrogen) atoms. The lowest BCUT2D eigenvalue weighted by Crippen LogP contribution is -2.44. The molecule has 2 aromatic rings. The topological polar surface area (TPSA) is 87.7 Å². The average Bonchev–Trinajstić information content (AvgIpc) is 2.99. The standard InChI is InChI=1S/C23H27N3O4/c1-5-16-7-10-18(11-8-16)24-20(27)14-26-21(28)23(6-2,25-22(26)29)17-9-12-19(30-4)15(3)13-17/h7-13H,5-6,14H2,1-4H3,(H,24,27)(H,25,29). The van der Waals surface area contributed by atoms with Gasteiger partial charge in [0, 0.05) is 5.69 Å². The molecule has 2 N–H and O–H groups in total. The number of carbonyl (C=O) groups excluding carboxylic acids is 3. The highest BCUT2D eigenvalue weighted by molar-refractivity contribution is 6.10. The quantitative estimate of drug-likeness (QED) is 0.687. The van der Waals surface area contributed by atoms with Gasteiger partial charge >= 0.3 is 6.03 Å². The second-order valence-electron chi connectivity index (χ2n) is 7.36. The number of methoxy groups -OCH3 is 1. The highest BCUT2D eigenvalue weighted by Gasteiger charge is 2.51. The number of hydrogen-bond acceptors (Lipinski definition) is 4. The van der Waals surface area contributed by atoms with E-state index in [1.807, 2.05) is 32.0 Å². The molecule has 4 amide bonds. The van der Waals surface area contributed by atoms with Crippen molar-refractivity contribution in [1.82, 2.24) is 10.2 Å². The SMILES string of the molecule is CCc1ccc(NC(=O)CN2C(=O)NC(CC)(c3ccc(OC)c(C)c3)C2=O)cc1. The lowest BCUT2D eigenvalue weighted by atomic mass is 9.86. The van der Waals surface area contributed by atoms with Gasteiger partial charge in [-0.25, -0.2) is 4.79 Å². The van der Waals surface area contributed by atoms with E-state index in [1.165, 1.54) is 0 Å². The van der Waals surface area contributed by atoms with Crippen molar-refractivity contribution in [2.45, 2.75) is 39.2 Å². The Hall–Kier alpha value is -3.35. The molecule has 0 bridgehead atoms. The van der Waals surface area contributed by atoms with E-state index < -0.39 is 23.4 Å². The summed E-state index contributed by atoms with van der Waals surface area (Å²) in [5.74, 6) is -0.163. The Kier molecular flexibility index (Phi) is 6.10. The molecule has 3 rings (SSSR count). The first-order chi connectivity index (χ1) is 14.3. The number of amides is 4. The third-order valence-corrected chi connectivity index (χ3v) is 5.54. The van der Waals surface area contributed by atoms with Gasteiger partial charge in [0.2, 0.25) is 5.91 Å². The van der Waals surface area contributed by atoms with Crippen LogP contribution in [0, 0.1) is 6.92 Å². The fourth-order valence-electron chi connectivity index (χ4n) is 3.72. The van der Waals surface area contributed by atoms with E-state index in [2.05, 4.69) is 17.6 Å². The number of nitrogens with zero attached hydrogens (tertiary/aromatic N) is 1. The summed E-state index contributed by atoms with van der Waals surface area (Å²) in [6.07, 6.45) is 1.26. The third kappa shape index (κ3) is 3.87. The number of hydrogen-bond donors (Lipinski definition) is 2. The van der Waals surface area contributed by atoms with E-state index in [4.69, 9.17) is 4.74 Å². The number of ether oxygens (including phenoxy) is 1. The van der Waals surface area contributed by atoms with Crippen LogP contribution in [0.5, 0.6) is 5.75 Å². The Morgan fingerprint density at radius 1 is 1.13 bits per heavy atom. The number of aryl methyl sites for hydroxylation is 2. The number of nitrogens with one attached hydrogen (secondary N) is 2. The van der Waals surface area contributed by atoms with Crippen LogP contribution < -0.4 is 15.4 Å². The molecule has 0 aliphatic carbocycles. The van der Waals surface area contributed by atoms with Gasteiger partial charge in [0.25, 0.3) is 5.91 Å². The number of carbonyl (C=O) groups is 3. The van der Waals surface area contributed by atoms with Crippen LogP contribution in [0.1, 0.15) is 37.0 Å². The lowest BCUT2D eigenvalue weighted by Gasteiger charge is -2.26. The summed E-state index contributed by atoms with van der Waals surface area (Å²) >= 11 is 0. The molecule has 0 aromatic heterocycles. The molecule has 158 valence electrons. The van der Waals surface area contributed by atoms with Crippen LogP contribution in [-0.2, 0) is 21.5 Å². The number of anilines is 1. The molecule has 7 heteroatoms. The highest BCUT2D eigenvalue weighted by atomic mass is 16.5. The van der Waals surface area contributed by atoms with Gasteiger partial charge in [0.15, 0.2) is 0 Å². The zero-order chi connectivity index (χ0) is 21.9. The van der Waals surface area contributed by atoms with Crippen LogP contribution in [0.2, 0.25) is 0 Å². The monoisotopic (exact) mass is 409 g/mol. The van der Waals surface area contributed by atoms with Crippen molar-refractivity contribution in [2.75, 3.05) is 19.0 Å². The summed E-state index contributed by atoms with van der Waals surface area (Å²) in [5, 5.41) is 5.54. The normalized spacial score (nSPS) is 18.3. The molecule has 2 aromatic carbocycles. The first kappa shape index (κ1) is 21.4. The Morgan fingerprint density at radius 2 is 1.83 bits per heavy atom. The van der Waals surface area contributed by atoms with Gasteiger partial charge in [-0.15, -0.1) is 0 Å². The average molecular weight is 409 g/mol. The van der Waals surface area contributed by atoms with Crippen LogP contribution in [0.3, 0.4) is 0 Å². The number of urea groups is 1. The summed E-state index contributed by atoms with van der Waals surface area (Å²) in [6, 6.07) is 12.3. The van der Waals surface area contributed by atoms with Gasteiger partial charge in [0.05, 0.1) is 7.11 Å². The summed E-state index contributed by atoms with van der Waals surface area (Å²) in [5.41, 5.74) is 2.11. The van der Waals surface area contributed by atoms with Crippen LogP contribution >= 0.6 is 0 Å². The molecule has 1 atom stereocenters. The first-order valence-corrected chi connectivity index (χ1v) is 10.0. The molecule has 0 spiro atoms.